The summed E-state index contributed by atoms with van der Waals surface area (Å²) >= 11 is 0. The Morgan fingerprint density at radius 3 is 2.15 bits per heavy atom. The number of rotatable bonds is 2. The van der Waals surface area contributed by atoms with Gasteiger partial charge in [0.05, 0.1) is 0 Å². The molecule has 0 spiro atoms. The van der Waals surface area contributed by atoms with Gasteiger partial charge in [-0.1, -0.05) is 44.2 Å². The maximum absolute atomic E-state index is 6.00. The van der Waals surface area contributed by atoms with E-state index in [1.54, 1.807) is 0 Å². The van der Waals surface area contributed by atoms with Crippen molar-refractivity contribution in [3.8, 4) is 0 Å². The maximum Gasteiger partial charge on any atom is 0.0323 e. The molecule has 1 unspecified atom stereocenters. The van der Waals surface area contributed by atoms with E-state index in [1.165, 1.54) is 18.4 Å². The van der Waals surface area contributed by atoms with Crippen molar-refractivity contribution in [2.45, 2.75) is 32.7 Å². The molecule has 72 valence electrons. The molecule has 1 heteroatoms. The van der Waals surface area contributed by atoms with E-state index in [4.69, 9.17) is 5.73 Å². The number of benzene rings is 1. The van der Waals surface area contributed by atoms with Crippen LogP contribution in [0.4, 0.5) is 0 Å². The molecule has 0 amide bonds. The molecule has 1 nitrogen and oxygen atoms in total. The van der Waals surface area contributed by atoms with Crippen molar-refractivity contribution in [2.24, 2.45) is 11.7 Å². The minimum absolute atomic E-state index is 0.288. The fourth-order valence-corrected chi connectivity index (χ4v) is 1.40. The third-order valence-electron chi connectivity index (χ3n) is 2.31. The van der Waals surface area contributed by atoms with Crippen molar-refractivity contribution >= 4 is 0 Å². The molecule has 0 heterocycles. The molecule has 2 N–H and O–H groups in total. The molecular formula is C12H19N. The van der Waals surface area contributed by atoms with Crippen molar-refractivity contribution in [1.29, 1.82) is 0 Å². The van der Waals surface area contributed by atoms with Crippen LogP contribution in [0.5, 0.6) is 0 Å². The first-order valence-electron chi connectivity index (χ1n) is 5.18. The lowest BCUT2D eigenvalue weighted by Gasteiger charge is -2.09. The summed E-state index contributed by atoms with van der Waals surface area (Å²) in [5.74, 6) is 0.761. The van der Waals surface area contributed by atoms with Crippen molar-refractivity contribution in [3.63, 3.8) is 0 Å². The normalized spacial score (nSPS) is 17.2. The second kappa shape index (κ2) is 5.03. The van der Waals surface area contributed by atoms with Crippen LogP contribution in [0.3, 0.4) is 0 Å². The lowest BCUT2D eigenvalue weighted by atomic mass is 10.0. The Balaban J connectivity index is 0.000000396. The average molecular weight is 177 g/mol. The fraction of sp³-hybridized carbons (Fsp3) is 0.500. The van der Waals surface area contributed by atoms with Gasteiger partial charge in [0.1, 0.15) is 0 Å². The maximum atomic E-state index is 6.00. The topological polar surface area (TPSA) is 26.0 Å². The molecule has 1 aromatic rings. The highest BCUT2D eigenvalue weighted by Crippen LogP contribution is 2.39. The molecule has 1 atom stereocenters. The average Bonchev–Trinajstić information content (AvgIpc) is 3.05. The fourth-order valence-electron chi connectivity index (χ4n) is 1.40. The van der Waals surface area contributed by atoms with Crippen LogP contribution < -0.4 is 5.73 Å². The predicted octanol–water partition coefficient (Wildman–Crippen LogP) is 3.12. The van der Waals surface area contributed by atoms with Gasteiger partial charge in [-0.3, -0.25) is 0 Å². The minimum atomic E-state index is 0.288. The molecule has 1 aliphatic carbocycles. The summed E-state index contributed by atoms with van der Waals surface area (Å²) in [4.78, 5) is 0. The van der Waals surface area contributed by atoms with Gasteiger partial charge in [0, 0.05) is 6.04 Å². The van der Waals surface area contributed by atoms with Crippen LogP contribution >= 0.6 is 0 Å². The van der Waals surface area contributed by atoms with Gasteiger partial charge < -0.3 is 5.73 Å². The SMILES string of the molecule is CC.NC(c1ccccc1)C1CC1. The Bertz CT molecular complexity index is 226. The van der Waals surface area contributed by atoms with E-state index < -0.39 is 0 Å². The van der Waals surface area contributed by atoms with Crippen molar-refractivity contribution in [3.05, 3.63) is 35.9 Å². The molecule has 0 bridgehead atoms. The van der Waals surface area contributed by atoms with Crippen LogP contribution in [0, 0.1) is 5.92 Å². The molecule has 0 aliphatic heterocycles. The van der Waals surface area contributed by atoms with Crippen LogP contribution in [-0.4, -0.2) is 0 Å². The smallest absolute Gasteiger partial charge is 0.0323 e. The molecule has 0 radical (unpaired) electrons. The van der Waals surface area contributed by atoms with Crippen molar-refractivity contribution < 1.29 is 0 Å². The molecule has 0 saturated heterocycles. The van der Waals surface area contributed by atoms with Gasteiger partial charge >= 0.3 is 0 Å². The number of hydrogen-bond donors (Lipinski definition) is 1. The first kappa shape index (κ1) is 10.3. The highest BCUT2D eigenvalue weighted by Gasteiger charge is 2.28. The monoisotopic (exact) mass is 177 g/mol. The van der Waals surface area contributed by atoms with Crippen LogP contribution in [0.25, 0.3) is 0 Å². The molecule has 2 rings (SSSR count). The second-order valence-electron chi connectivity index (χ2n) is 3.27. The van der Waals surface area contributed by atoms with Gasteiger partial charge in [-0.05, 0) is 24.3 Å². The molecule has 1 aliphatic rings. The van der Waals surface area contributed by atoms with Gasteiger partial charge in [-0.25, -0.2) is 0 Å². The molecule has 0 aromatic heterocycles. The van der Waals surface area contributed by atoms with E-state index >= 15 is 0 Å². The van der Waals surface area contributed by atoms with E-state index in [1.807, 2.05) is 19.9 Å². The molecule has 1 aromatic carbocycles. The number of hydrogen-bond acceptors (Lipinski definition) is 1. The summed E-state index contributed by atoms with van der Waals surface area (Å²) in [5, 5.41) is 0. The quantitative estimate of drug-likeness (QED) is 0.738. The number of nitrogens with two attached hydrogens (primary N) is 1. The molecule has 13 heavy (non-hydrogen) atoms. The van der Waals surface area contributed by atoms with Gasteiger partial charge in [0.2, 0.25) is 0 Å². The molecule has 1 fully saturated rings. The van der Waals surface area contributed by atoms with Crippen LogP contribution in [0.2, 0.25) is 0 Å². The third-order valence-corrected chi connectivity index (χ3v) is 2.31. The van der Waals surface area contributed by atoms with Gasteiger partial charge in [-0.2, -0.15) is 0 Å². The summed E-state index contributed by atoms with van der Waals surface area (Å²) in [7, 11) is 0. The van der Waals surface area contributed by atoms with E-state index in [2.05, 4.69) is 24.3 Å². The van der Waals surface area contributed by atoms with E-state index in [9.17, 15) is 0 Å². The van der Waals surface area contributed by atoms with E-state index in [0.29, 0.717) is 0 Å². The Kier molecular flexibility index (Phi) is 3.97. The second-order valence-corrected chi connectivity index (χ2v) is 3.27. The zero-order chi connectivity index (χ0) is 9.68. The zero-order valence-electron chi connectivity index (χ0n) is 8.53. The highest BCUT2D eigenvalue weighted by atomic mass is 14.7. The lowest BCUT2D eigenvalue weighted by Crippen LogP contribution is -2.11. The zero-order valence-corrected chi connectivity index (χ0v) is 8.53. The van der Waals surface area contributed by atoms with Crippen LogP contribution in [0.1, 0.15) is 38.3 Å². The van der Waals surface area contributed by atoms with Crippen LogP contribution in [-0.2, 0) is 0 Å². The Morgan fingerprint density at radius 2 is 1.69 bits per heavy atom. The Morgan fingerprint density at radius 1 is 1.15 bits per heavy atom. The van der Waals surface area contributed by atoms with Gasteiger partial charge in [-0.15, -0.1) is 0 Å². The minimum Gasteiger partial charge on any atom is -0.324 e. The summed E-state index contributed by atoms with van der Waals surface area (Å²) in [5.41, 5.74) is 7.29. The summed E-state index contributed by atoms with van der Waals surface area (Å²) in [6.45, 7) is 4.00. The predicted molar refractivity (Wildman–Crippen MR) is 57.4 cm³/mol. The first-order valence-corrected chi connectivity index (χ1v) is 5.18. The van der Waals surface area contributed by atoms with E-state index in [-0.39, 0.29) is 6.04 Å². The lowest BCUT2D eigenvalue weighted by molar-refractivity contribution is 0.633. The van der Waals surface area contributed by atoms with E-state index in [0.717, 1.165) is 5.92 Å². The standard InChI is InChI=1S/C10H13N.C2H6/c11-10(9-6-7-9)8-4-2-1-3-5-8;1-2/h1-5,9-10H,6-7,11H2;1-2H3. The third kappa shape index (κ3) is 2.85. The first-order chi connectivity index (χ1) is 6.38. The Labute approximate surface area is 81.0 Å². The highest BCUT2D eigenvalue weighted by molar-refractivity contribution is 5.20. The van der Waals surface area contributed by atoms with Gasteiger partial charge in [0.25, 0.3) is 0 Å². The van der Waals surface area contributed by atoms with Gasteiger partial charge in [0.15, 0.2) is 0 Å². The summed E-state index contributed by atoms with van der Waals surface area (Å²) < 4.78 is 0. The largest absolute Gasteiger partial charge is 0.324 e. The van der Waals surface area contributed by atoms with Crippen molar-refractivity contribution in [2.75, 3.05) is 0 Å². The Hall–Kier alpha value is -0.820. The molecule has 1 saturated carbocycles. The molecular weight excluding hydrogens is 158 g/mol. The van der Waals surface area contributed by atoms with Crippen molar-refractivity contribution in [1.82, 2.24) is 0 Å². The summed E-state index contributed by atoms with van der Waals surface area (Å²) in [6, 6.07) is 10.7. The summed E-state index contributed by atoms with van der Waals surface area (Å²) in [6.07, 6.45) is 2.63. The van der Waals surface area contributed by atoms with Crippen LogP contribution in [0.15, 0.2) is 30.3 Å².